The van der Waals surface area contributed by atoms with Crippen LogP contribution < -0.4 is 10.6 Å². The van der Waals surface area contributed by atoms with Crippen molar-refractivity contribution in [2.24, 2.45) is 0 Å². The first-order valence-corrected chi connectivity index (χ1v) is 9.86. The second-order valence-electron chi connectivity index (χ2n) is 7.35. The fourth-order valence-corrected chi connectivity index (χ4v) is 3.46. The molecule has 1 aliphatic rings. The predicted octanol–water partition coefficient (Wildman–Crippen LogP) is 1.78. The summed E-state index contributed by atoms with van der Waals surface area (Å²) in [4.78, 5) is 39.5. The molecule has 0 aromatic heterocycles. The number of nitrogens with one attached hydrogen (secondary N) is 2. The molecule has 10 heteroatoms. The van der Waals surface area contributed by atoms with Crippen molar-refractivity contribution in [2.45, 2.75) is 6.04 Å². The molecule has 1 atom stereocenters. The lowest BCUT2D eigenvalue weighted by atomic mass is 10.0. The predicted molar refractivity (Wildman–Crippen MR) is 113 cm³/mol. The Morgan fingerprint density at radius 1 is 1.06 bits per heavy atom. The van der Waals surface area contributed by atoms with Crippen molar-refractivity contribution >= 4 is 23.2 Å². The van der Waals surface area contributed by atoms with Crippen molar-refractivity contribution in [3.05, 3.63) is 70.0 Å². The topological polar surface area (TPSA) is 108 Å². The number of anilines is 1. The Morgan fingerprint density at radius 3 is 2.35 bits per heavy atom. The molecule has 164 valence electrons. The average molecular weight is 429 g/mol. The van der Waals surface area contributed by atoms with E-state index in [1.807, 2.05) is 7.05 Å². The van der Waals surface area contributed by atoms with Crippen molar-refractivity contribution in [1.82, 2.24) is 15.1 Å². The van der Waals surface area contributed by atoms with Crippen LogP contribution in [0.15, 0.2) is 48.5 Å². The molecule has 3 rings (SSSR count). The quantitative estimate of drug-likeness (QED) is 0.412. The molecule has 31 heavy (non-hydrogen) atoms. The highest BCUT2D eigenvalue weighted by Crippen LogP contribution is 2.24. The Hall–Kier alpha value is -3.37. The lowest BCUT2D eigenvalue weighted by Crippen LogP contribution is -2.49. The Morgan fingerprint density at radius 2 is 1.71 bits per heavy atom. The SMILES string of the molecule is CN1CCN([C@H](CNC(=O)C(=O)Nc2ccccc2[N+](=O)[O-])c2ccc(F)cc2)CC1. The largest absolute Gasteiger partial charge is 0.346 e. The van der Waals surface area contributed by atoms with Crippen LogP contribution in [0.5, 0.6) is 0 Å². The van der Waals surface area contributed by atoms with Crippen LogP contribution in [0, 0.1) is 15.9 Å². The molecule has 2 amide bonds. The first-order valence-electron chi connectivity index (χ1n) is 9.86. The van der Waals surface area contributed by atoms with Crippen LogP contribution in [-0.4, -0.2) is 66.3 Å². The molecular weight excluding hydrogens is 405 g/mol. The summed E-state index contributed by atoms with van der Waals surface area (Å²) >= 11 is 0. The Bertz CT molecular complexity index is 945. The summed E-state index contributed by atoms with van der Waals surface area (Å²) < 4.78 is 13.4. The van der Waals surface area contributed by atoms with E-state index in [-0.39, 0.29) is 29.8 Å². The maximum atomic E-state index is 13.4. The van der Waals surface area contributed by atoms with Gasteiger partial charge in [0.1, 0.15) is 11.5 Å². The van der Waals surface area contributed by atoms with Gasteiger partial charge in [0.2, 0.25) is 0 Å². The van der Waals surface area contributed by atoms with Crippen molar-refractivity contribution < 1.29 is 18.9 Å². The molecular formula is C21H24FN5O4. The van der Waals surface area contributed by atoms with Gasteiger partial charge in [0.25, 0.3) is 5.69 Å². The summed E-state index contributed by atoms with van der Waals surface area (Å²) in [5.41, 5.74) is 0.470. The molecule has 0 saturated carbocycles. The van der Waals surface area contributed by atoms with E-state index < -0.39 is 16.7 Å². The van der Waals surface area contributed by atoms with E-state index in [0.717, 1.165) is 31.7 Å². The van der Waals surface area contributed by atoms with Crippen LogP contribution in [0.3, 0.4) is 0 Å². The second kappa shape index (κ2) is 10.1. The first kappa shape index (κ1) is 22.3. The molecule has 2 aromatic rings. The van der Waals surface area contributed by atoms with Gasteiger partial charge < -0.3 is 15.5 Å². The minimum Gasteiger partial charge on any atom is -0.346 e. The molecule has 1 heterocycles. The Labute approximate surface area is 179 Å². The summed E-state index contributed by atoms with van der Waals surface area (Å²) in [5.74, 6) is -2.25. The highest BCUT2D eigenvalue weighted by molar-refractivity contribution is 6.39. The number of nitrogens with zero attached hydrogens (tertiary/aromatic N) is 3. The number of nitro groups is 1. The van der Waals surface area contributed by atoms with Gasteiger partial charge in [-0.2, -0.15) is 0 Å². The standard InChI is InChI=1S/C21H24FN5O4/c1-25-10-12-26(13-11-25)19(15-6-8-16(22)9-7-15)14-23-20(28)21(29)24-17-4-2-3-5-18(17)27(30)31/h2-9,19H,10-14H2,1H3,(H,23,28)(H,24,29)/t19-/m1/s1. The number of rotatable bonds is 6. The van der Waals surface area contributed by atoms with Gasteiger partial charge in [-0.1, -0.05) is 24.3 Å². The van der Waals surface area contributed by atoms with E-state index >= 15 is 0 Å². The van der Waals surface area contributed by atoms with Crippen LogP contribution in [-0.2, 0) is 9.59 Å². The molecule has 2 aromatic carbocycles. The molecule has 0 radical (unpaired) electrons. The fourth-order valence-electron chi connectivity index (χ4n) is 3.46. The van der Waals surface area contributed by atoms with Crippen molar-refractivity contribution in [3.63, 3.8) is 0 Å². The number of benzene rings is 2. The third-order valence-electron chi connectivity index (χ3n) is 5.24. The molecule has 0 spiro atoms. The zero-order valence-corrected chi connectivity index (χ0v) is 17.1. The summed E-state index contributed by atoms with van der Waals surface area (Å²) in [6, 6.07) is 11.4. The van der Waals surface area contributed by atoms with Crippen molar-refractivity contribution in [3.8, 4) is 0 Å². The lowest BCUT2D eigenvalue weighted by molar-refractivity contribution is -0.383. The zero-order valence-electron chi connectivity index (χ0n) is 17.1. The smallest absolute Gasteiger partial charge is 0.313 e. The summed E-state index contributed by atoms with van der Waals surface area (Å²) in [6.45, 7) is 3.36. The molecule has 0 bridgehead atoms. The van der Waals surface area contributed by atoms with E-state index in [0.29, 0.717) is 0 Å². The number of likely N-dealkylation sites (N-methyl/N-ethyl adjacent to an activating group) is 1. The first-order chi connectivity index (χ1) is 14.8. The summed E-state index contributed by atoms with van der Waals surface area (Å²) in [5, 5.41) is 16.0. The normalized spacial score (nSPS) is 15.8. The number of amides is 2. The van der Waals surface area contributed by atoms with Gasteiger partial charge >= 0.3 is 11.8 Å². The second-order valence-corrected chi connectivity index (χ2v) is 7.35. The summed E-state index contributed by atoms with van der Waals surface area (Å²) in [7, 11) is 2.03. The average Bonchev–Trinajstić information content (AvgIpc) is 2.76. The maximum absolute atomic E-state index is 13.4. The minimum absolute atomic E-state index is 0.0539. The third kappa shape index (κ3) is 5.83. The highest BCUT2D eigenvalue weighted by Gasteiger charge is 2.26. The zero-order chi connectivity index (χ0) is 22.4. The van der Waals surface area contributed by atoms with Gasteiger partial charge in [0.05, 0.1) is 11.0 Å². The number of carbonyl (C=O) groups excluding carboxylic acids is 2. The molecule has 0 unspecified atom stereocenters. The number of halogens is 1. The van der Waals surface area contributed by atoms with Gasteiger partial charge in [0.15, 0.2) is 0 Å². The van der Waals surface area contributed by atoms with Gasteiger partial charge in [-0.05, 0) is 30.8 Å². The number of hydrogen-bond acceptors (Lipinski definition) is 6. The number of nitro benzene ring substituents is 1. The third-order valence-corrected chi connectivity index (χ3v) is 5.24. The molecule has 1 aliphatic heterocycles. The molecule has 1 fully saturated rings. The number of para-hydroxylation sites is 2. The number of piperazine rings is 1. The molecule has 1 saturated heterocycles. The van der Waals surface area contributed by atoms with Crippen LogP contribution in [0.4, 0.5) is 15.8 Å². The van der Waals surface area contributed by atoms with Gasteiger partial charge in [0, 0.05) is 38.8 Å². The Kier molecular flexibility index (Phi) is 7.27. The number of hydrogen-bond donors (Lipinski definition) is 2. The number of carbonyl (C=O) groups is 2. The van der Waals surface area contributed by atoms with Crippen LogP contribution in [0.1, 0.15) is 11.6 Å². The monoisotopic (exact) mass is 429 g/mol. The molecule has 0 aliphatic carbocycles. The maximum Gasteiger partial charge on any atom is 0.313 e. The van der Waals surface area contributed by atoms with Crippen molar-refractivity contribution in [2.75, 3.05) is 45.1 Å². The van der Waals surface area contributed by atoms with Gasteiger partial charge in [-0.3, -0.25) is 24.6 Å². The molecule has 2 N–H and O–H groups in total. The van der Waals surface area contributed by atoms with Crippen LogP contribution in [0.25, 0.3) is 0 Å². The van der Waals surface area contributed by atoms with E-state index in [2.05, 4.69) is 20.4 Å². The highest BCUT2D eigenvalue weighted by atomic mass is 19.1. The minimum atomic E-state index is -0.995. The van der Waals surface area contributed by atoms with Gasteiger partial charge in [-0.15, -0.1) is 0 Å². The van der Waals surface area contributed by atoms with Gasteiger partial charge in [-0.25, -0.2) is 4.39 Å². The van der Waals surface area contributed by atoms with E-state index in [1.165, 1.54) is 36.4 Å². The van der Waals surface area contributed by atoms with E-state index in [9.17, 15) is 24.1 Å². The fraction of sp³-hybridized carbons (Fsp3) is 0.333. The van der Waals surface area contributed by atoms with E-state index in [4.69, 9.17) is 0 Å². The van der Waals surface area contributed by atoms with Crippen LogP contribution in [0.2, 0.25) is 0 Å². The van der Waals surface area contributed by atoms with Crippen molar-refractivity contribution in [1.29, 1.82) is 0 Å². The molecule has 9 nitrogen and oxygen atoms in total. The Balaban J connectivity index is 1.67. The van der Waals surface area contributed by atoms with Crippen LogP contribution >= 0.6 is 0 Å². The lowest BCUT2D eigenvalue weighted by Gasteiger charge is -2.38. The summed E-state index contributed by atoms with van der Waals surface area (Å²) in [6.07, 6.45) is 0. The van der Waals surface area contributed by atoms with E-state index in [1.54, 1.807) is 12.1 Å².